The summed E-state index contributed by atoms with van der Waals surface area (Å²) in [4.78, 5) is 16.7. The van der Waals surface area contributed by atoms with E-state index in [2.05, 4.69) is 34.5 Å². The van der Waals surface area contributed by atoms with Gasteiger partial charge in [0.05, 0.1) is 0 Å². The van der Waals surface area contributed by atoms with E-state index in [-0.39, 0.29) is 6.03 Å². The van der Waals surface area contributed by atoms with Gasteiger partial charge in [-0.3, -0.25) is 4.90 Å². The van der Waals surface area contributed by atoms with Gasteiger partial charge in [-0.25, -0.2) is 4.79 Å². The van der Waals surface area contributed by atoms with E-state index >= 15 is 0 Å². The van der Waals surface area contributed by atoms with Crippen molar-refractivity contribution in [1.29, 1.82) is 0 Å². The third-order valence-corrected chi connectivity index (χ3v) is 6.11. The van der Waals surface area contributed by atoms with Crippen molar-refractivity contribution in [3.05, 3.63) is 35.4 Å². The summed E-state index contributed by atoms with van der Waals surface area (Å²) in [5.74, 6) is 0.686. The Morgan fingerprint density at radius 2 is 1.71 bits per heavy atom. The summed E-state index contributed by atoms with van der Waals surface area (Å²) in [6, 6.07) is 9.33. The molecule has 2 aliphatic heterocycles. The van der Waals surface area contributed by atoms with E-state index in [1.54, 1.807) is 7.11 Å². The number of nitrogens with one attached hydrogen (secondary N) is 1. The van der Waals surface area contributed by atoms with Crippen molar-refractivity contribution in [3.63, 3.8) is 0 Å². The second-order valence-corrected chi connectivity index (χ2v) is 8.37. The Balaban J connectivity index is 1.36. The molecule has 5 nitrogen and oxygen atoms in total. The first-order chi connectivity index (χ1) is 13.7. The molecule has 3 rings (SSSR count). The molecule has 156 valence electrons. The van der Waals surface area contributed by atoms with E-state index in [4.69, 9.17) is 4.74 Å². The Hall–Kier alpha value is -1.59. The lowest BCUT2D eigenvalue weighted by Crippen LogP contribution is -2.45. The fourth-order valence-electron chi connectivity index (χ4n) is 4.35. The maximum Gasteiger partial charge on any atom is 0.317 e. The second-order valence-electron chi connectivity index (χ2n) is 8.37. The molecule has 2 aliphatic rings. The molecule has 0 bridgehead atoms. The van der Waals surface area contributed by atoms with Crippen molar-refractivity contribution in [2.45, 2.75) is 51.5 Å². The van der Waals surface area contributed by atoms with Crippen molar-refractivity contribution in [2.24, 2.45) is 5.92 Å². The van der Waals surface area contributed by atoms with Gasteiger partial charge in [0, 0.05) is 39.9 Å². The van der Waals surface area contributed by atoms with Crippen LogP contribution in [-0.4, -0.2) is 62.3 Å². The summed E-state index contributed by atoms with van der Waals surface area (Å²) >= 11 is 0. The van der Waals surface area contributed by atoms with Gasteiger partial charge in [0.25, 0.3) is 0 Å². The van der Waals surface area contributed by atoms with Crippen molar-refractivity contribution < 1.29 is 9.53 Å². The van der Waals surface area contributed by atoms with Gasteiger partial charge in [-0.1, -0.05) is 30.7 Å². The molecule has 0 aliphatic carbocycles. The van der Waals surface area contributed by atoms with Crippen LogP contribution in [0.4, 0.5) is 4.79 Å². The smallest absolute Gasteiger partial charge is 0.317 e. The minimum absolute atomic E-state index is 0.0802. The molecule has 0 saturated carbocycles. The molecule has 2 heterocycles. The number of amides is 2. The Bertz CT molecular complexity index is 576. The first-order valence-corrected chi connectivity index (χ1v) is 11.1. The number of benzene rings is 1. The lowest BCUT2D eigenvalue weighted by molar-refractivity contribution is 0.166. The molecule has 1 N–H and O–H groups in total. The summed E-state index contributed by atoms with van der Waals surface area (Å²) in [6.45, 7) is 6.72. The van der Waals surface area contributed by atoms with Crippen molar-refractivity contribution in [3.8, 4) is 0 Å². The highest BCUT2D eigenvalue weighted by Gasteiger charge is 2.22. The largest absolute Gasteiger partial charge is 0.385 e. The predicted octanol–water partition coefficient (Wildman–Crippen LogP) is 3.67. The Morgan fingerprint density at radius 3 is 2.39 bits per heavy atom. The number of piperidine rings is 2. The molecule has 0 aromatic heterocycles. The number of methoxy groups -OCH3 is 1. The summed E-state index contributed by atoms with van der Waals surface area (Å²) in [6.07, 6.45) is 8.29. The molecule has 1 aromatic rings. The van der Waals surface area contributed by atoms with Gasteiger partial charge in [0.15, 0.2) is 0 Å². The van der Waals surface area contributed by atoms with E-state index in [0.29, 0.717) is 19.1 Å². The molecular weight excluding hydrogens is 350 g/mol. The van der Waals surface area contributed by atoms with E-state index in [0.717, 1.165) is 45.3 Å². The average molecular weight is 388 g/mol. The normalized spacial score (nSPS) is 19.0. The maximum absolute atomic E-state index is 12.2. The van der Waals surface area contributed by atoms with Crippen LogP contribution in [0, 0.1) is 5.92 Å². The van der Waals surface area contributed by atoms with Crippen molar-refractivity contribution >= 4 is 6.03 Å². The van der Waals surface area contributed by atoms with Gasteiger partial charge in [0.1, 0.15) is 0 Å². The molecule has 0 spiro atoms. The van der Waals surface area contributed by atoms with Gasteiger partial charge >= 0.3 is 6.03 Å². The van der Waals surface area contributed by atoms with Crippen molar-refractivity contribution in [1.82, 2.24) is 15.1 Å². The molecule has 0 unspecified atom stereocenters. The fraction of sp³-hybridized carbons (Fsp3) is 0.696. The van der Waals surface area contributed by atoms with Crippen LogP contribution in [0.25, 0.3) is 0 Å². The number of likely N-dealkylation sites (tertiary alicyclic amines) is 2. The number of nitrogens with zero attached hydrogens (tertiary/aromatic N) is 2. The quantitative estimate of drug-likeness (QED) is 0.692. The van der Waals surface area contributed by atoms with Crippen LogP contribution in [-0.2, 0) is 17.7 Å². The van der Waals surface area contributed by atoms with Crippen LogP contribution in [0.5, 0.6) is 0 Å². The molecule has 0 radical (unpaired) electrons. The lowest BCUT2D eigenvalue weighted by atomic mass is 9.90. The van der Waals surface area contributed by atoms with E-state index in [1.165, 1.54) is 43.5 Å². The summed E-state index contributed by atoms with van der Waals surface area (Å²) in [7, 11) is 1.69. The van der Waals surface area contributed by atoms with Crippen molar-refractivity contribution in [2.75, 3.05) is 46.4 Å². The zero-order valence-corrected chi connectivity index (χ0v) is 17.5. The van der Waals surface area contributed by atoms with Crippen LogP contribution in [0.1, 0.15) is 49.7 Å². The van der Waals surface area contributed by atoms with E-state index in [9.17, 15) is 4.79 Å². The molecule has 1 aromatic carbocycles. The number of carbonyl (C=O) groups is 1. The zero-order valence-electron chi connectivity index (χ0n) is 17.5. The highest BCUT2D eigenvalue weighted by molar-refractivity contribution is 5.74. The molecule has 0 atom stereocenters. The highest BCUT2D eigenvalue weighted by atomic mass is 16.5. The monoisotopic (exact) mass is 387 g/mol. The number of ether oxygens (including phenoxy) is 1. The van der Waals surface area contributed by atoms with Gasteiger partial charge in [-0.15, -0.1) is 0 Å². The van der Waals surface area contributed by atoms with E-state index in [1.807, 2.05) is 4.90 Å². The molecule has 2 fully saturated rings. The Kier molecular flexibility index (Phi) is 8.62. The zero-order chi connectivity index (χ0) is 19.6. The van der Waals surface area contributed by atoms with Crippen LogP contribution in [0.3, 0.4) is 0 Å². The fourth-order valence-corrected chi connectivity index (χ4v) is 4.35. The summed E-state index contributed by atoms with van der Waals surface area (Å²) < 4.78 is 5.02. The SMILES string of the molecule is COCCCNC(=O)N1CCC(Cc2ccc(CN3CCCCC3)cc2)CC1. The number of hydrogen-bond donors (Lipinski definition) is 1. The van der Waals surface area contributed by atoms with Crippen LogP contribution in [0.2, 0.25) is 0 Å². The van der Waals surface area contributed by atoms with Gasteiger partial charge in [-0.05, 0) is 68.7 Å². The standard InChI is InChI=1S/C23H37N3O2/c1-28-17-5-12-24-23(27)26-15-10-21(11-16-26)18-20-6-8-22(9-7-20)19-25-13-3-2-4-14-25/h6-9,21H,2-5,10-19H2,1H3,(H,24,27). The van der Waals surface area contributed by atoms with Crippen LogP contribution < -0.4 is 5.32 Å². The third-order valence-electron chi connectivity index (χ3n) is 6.11. The molecule has 2 saturated heterocycles. The molecule has 5 heteroatoms. The van der Waals surface area contributed by atoms with E-state index < -0.39 is 0 Å². The molecule has 2 amide bonds. The van der Waals surface area contributed by atoms with Crippen LogP contribution in [0.15, 0.2) is 24.3 Å². The van der Waals surface area contributed by atoms with Crippen LogP contribution >= 0.6 is 0 Å². The van der Waals surface area contributed by atoms with Gasteiger partial charge in [-0.2, -0.15) is 0 Å². The summed E-state index contributed by atoms with van der Waals surface area (Å²) in [5, 5.41) is 2.99. The predicted molar refractivity (Wildman–Crippen MR) is 113 cm³/mol. The Labute approximate surface area is 170 Å². The Morgan fingerprint density at radius 1 is 1.04 bits per heavy atom. The minimum atomic E-state index is 0.0802. The molecular formula is C23H37N3O2. The number of carbonyl (C=O) groups excluding carboxylic acids is 1. The number of hydrogen-bond acceptors (Lipinski definition) is 3. The lowest BCUT2D eigenvalue weighted by Gasteiger charge is -2.32. The summed E-state index contributed by atoms with van der Waals surface area (Å²) in [5.41, 5.74) is 2.87. The van der Waals surface area contributed by atoms with Gasteiger partial charge < -0.3 is 15.0 Å². The first kappa shape index (κ1) is 21.1. The molecule has 28 heavy (non-hydrogen) atoms. The topological polar surface area (TPSA) is 44.8 Å². The first-order valence-electron chi connectivity index (χ1n) is 11.1. The third kappa shape index (κ3) is 6.78. The number of rotatable bonds is 8. The second kappa shape index (κ2) is 11.4. The highest BCUT2D eigenvalue weighted by Crippen LogP contribution is 2.22. The van der Waals surface area contributed by atoms with Gasteiger partial charge in [0.2, 0.25) is 0 Å². The average Bonchev–Trinajstić information content (AvgIpc) is 2.74. The minimum Gasteiger partial charge on any atom is -0.385 e. The maximum atomic E-state index is 12.2. The number of urea groups is 1.